The largest absolute Gasteiger partial charge is 0.459 e. The lowest BCUT2D eigenvalue weighted by Crippen LogP contribution is -2.64. The normalized spacial score (nSPS) is 16.8. The number of β-amino-alcohol motifs (C(OH)–C–C–N with tert-alkyl or cyclic N) is 1. The first-order chi connectivity index (χ1) is 9.04. The van der Waals surface area contributed by atoms with Crippen molar-refractivity contribution in [1.29, 1.82) is 0 Å². The van der Waals surface area contributed by atoms with Gasteiger partial charge in [-0.2, -0.15) is 0 Å². The van der Waals surface area contributed by atoms with Gasteiger partial charge in [-0.05, 0) is 18.6 Å². The smallest absolute Gasteiger partial charge is 0.287 e. The van der Waals surface area contributed by atoms with E-state index in [1.54, 1.807) is 6.07 Å². The first-order valence-electron chi connectivity index (χ1n) is 6.36. The molecule has 6 heteroatoms. The topological polar surface area (TPSA) is 82.8 Å². The van der Waals surface area contributed by atoms with E-state index in [0.29, 0.717) is 19.5 Å². The van der Waals surface area contributed by atoms with E-state index in [4.69, 9.17) is 4.42 Å². The van der Waals surface area contributed by atoms with E-state index in [9.17, 15) is 14.7 Å². The van der Waals surface area contributed by atoms with Gasteiger partial charge in [-0.3, -0.25) is 9.59 Å². The molecule has 0 aromatic carbocycles. The molecule has 2 amide bonds. The SMILES string of the molecule is CCCC1(O)CN(C(=O)CNC(=O)c2ccco2)C1. The van der Waals surface area contributed by atoms with Crippen LogP contribution in [0, 0.1) is 0 Å². The molecule has 104 valence electrons. The van der Waals surface area contributed by atoms with Crippen LogP contribution in [-0.2, 0) is 4.79 Å². The number of nitrogens with zero attached hydrogens (tertiary/aromatic N) is 1. The molecule has 19 heavy (non-hydrogen) atoms. The molecule has 0 radical (unpaired) electrons. The van der Waals surface area contributed by atoms with Crippen molar-refractivity contribution < 1.29 is 19.1 Å². The summed E-state index contributed by atoms with van der Waals surface area (Å²) in [6.07, 6.45) is 2.97. The molecule has 1 fully saturated rings. The summed E-state index contributed by atoms with van der Waals surface area (Å²) in [4.78, 5) is 24.8. The molecule has 2 heterocycles. The number of carbonyl (C=O) groups is 2. The Morgan fingerprint density at radius 2 is 2.26 bits per heavy atom. The Morgan fingerprint density at radius 3 is 2.84 bits per heavy atom. The van der Waals surface area contributed by atoms with Gasteiger partial charge in [0, 0.05) is 0 Å². The molecule has 0 aliphatic carbocycles. The quantitative estimate of drug-likeness (QED) is 0.807. The lowest BCUT2D eigenvalue weighted by atomic mass is 9.89. The van der Waals surface area contributed by atoms with Gasteiger partial charge in [-0.25, -0.2) is 0 Å². The highest BCUT2D eigenvalue weighted by molar-refractivity contribution is 5.94. The average molecular weight is 266 g/mol. The minimum absolute atomic E-state index is 0.0816. The standard InChI is InChI=1S/C13H18N2O4/c1-2-5-13(18)8-15(9-13)11(16)7-14-12(17)10-4-3-6-19-10/h3-4,6,18H,2,5,7-9H2,1H3,(H,14,17). The summed E-state index contributed by atoms with van der Waals surface area (Å²) in [5.41, 5.74) is -0.741. The van der Waals surface area contributed by atoms with E-state index in [1.165, 1.54) is 17.2 Å². The van der Waals surface area contributed by atoms with E-state index in [1.807, 2.05) is 6.92 Å². The van der Waals surface area contributed by atoms with Crippen molar-refractivity contribution >= 4 is 11.8 Å². The van der Waals surface area contributed by atoms with E-state index in [2.05, 4.69) is 5.32 Å². The molecule has 0 unspecified atom stereocenters. The van der Waals surface area contributed by atoms with E-state index >= 15 is 0 Å². The number of likely N-dealkylation sites (tertiary alicyclic amines) is 1. The van der Waals surface area contributed by atoms with Gasteiger partial charge in [0.25, 0.3) is 5.91 Å². The maximum Gasteiger partial charge on any atom is 0.287 e. The van der Waals surface area contributed by atoms with Crippen molar-refractivity contribution in [3.05, 3.63) is 24.2 Å². The number of rotatable bonds is 5. The second kappa shape index (κ2) is 5.44. The van der Waals surface area contributed by atoms with Gasteiger partial charge in [0.1, 0.15) is 0 Å². The zero-order chi connectivity index (χ0) is 13.9. The molecule has 0 spiro atoms. The summed E-state index contributed by atoms with van der Waals surface area (Å²) in [6, 6.07) is 3.14. The minimum Gasteiger partial charge on any atom is -0.459 e. The van der Waals surface area contributed by atoms with Crippen molar-refractivity contribution in [2.24, 2.45) is 0 Å². The third-order valence-corrected chi connectivity index (χ3v) is 3.18. The van der Waals surface area contributed by atoms with Gasteiger partial charge in [0.05, 0.1) is 31.5 Å². The Labute approximate surface area is 111 Å². The number of nitrogens with one attached hydrogen (secondary N) is 1. The highest BCUT2D eigenvalue weighted by Crippen LogP contribution is 2.25. The van der Waals surface area contributed by atoms with Gasteiger partial charge in [-0.1, -0.05) is 13.3 Å². The third kappa shape index (κ3) is 3.14. The van der Waals surface area contributed by atoms with Crippen molar-refractivity contribution in [2.45, 2.75) is 25.4 Å². The summed E-state index contributed by atoms with van der Waals surface area (Å²) in [7, 11) is 0. The maximum atomic E-state index is 11.8. The molecule has 2 N–H and O–H groups in total. The molecule has 6 nitrogen and oxygen atoms in total. The van der Waals surface area contributed by atoms with E-state index in [-0.39, 0.29) is 18.2 Å². The first kappa shape index (κ1) is 13.6. The summed E-state index contributed by atoms with van der Waals surface area (Å²) < 4.78 is 4.92. The number of amides is 2. The van der Waals surface area contributed by atoms with Gasteiger partial charge >= 0.3 is 0 Å². The number of aliphatic hydroxyl groups is 1. The molecular formula is C13H18N2O4. The second-order valence-electron chi connectivity index (χ2n) is 4.88. The summed E-state index contributed by atoms with van der Waals surface area (Å²) in [5.74, 6) is -0.428. The fourth-order valence-electron chi connectivity index (χ4n) is 2.23. The van der Waals surface area contributed by atoms with Crippen LogP contribution < -0.4 is 5.32 Å². The van der Waals surface area contributed by atoms with Crippen LogP contribution in [0.25, 0.3) is 0 Å². The highest BCUT2D eigenvalue weighted by atomic mass is 16.3. The van der Waals surface area contributed by atoms with Gasteiger partial charge < -0.3 is 19.7 Å². The molecule has 0 atom stereocenters. The van der Waals surface area contributed by atoms with Crippen molar-refractivity contribution in [2.75, 3.05) is 19.6 Å². The Balaban J connectivity index is 1.73. The summed E-state index contributed by atoms with van der Waals surface area (Å²) in [6.45, 7) is 2.60. The molecule has 1 aliphatic heterocycles. The predicted octanol–water partition coefficient (Wildman–Crippen LogP) is 0.383. The fraction of sp³-hybridized carbons (Fsp3) is 0.538. The molecule has 0 bridgehead atoms. The van der Waals surface area contributed by atoms with Crippen LogP contribution in [0.4, 0.5) is 0 Å². The lowest BCUT2D eigenvalue weighted by molar-refractivity contribution is -0.155. The Bertz CT molecular complexity index is 449. The van der Waals surface area contributed by atoms with Gasteiger partial charge in [0.15, 0.2) is 5.76 Å². The Hall–Kier alpha value is -1.82. The van der Waals surface area contributed by atoms with Crippen LogP contribution in [0.1, 0.15) is 30.3 Å². The highest BCUT2D eigenvalue weighted by Gasteiger charge is 2.42. The summed E-state index contributed by atoms with van der Waals surface area (Å²) >= 11 is 0. The predicted molar refractivity (Wildman–Crippen MR) is 67.5 cm³/mol. The van der Waals surface area contributed by atoms with Crippen LogP contribution in [0.5, 0.6) is 0 Å². The molecule has 0 saturated carbocycles. The molecule has 1 aliphatic rings. The van der Waals surface area contributed by atoms with Crippen molar-refractivity contribution in [3.8, 4) is 0 Å². The Kier molecular flexibility index (Phi) is 3.90. The zero-order valence-electron chi connectivity index (χ0n) is 10.9. The van der Waals surface area contributed by atoms with E-state index in [0.717, 1.165) is 6.42 Å². The average Bonchev–Trinajstić information content (AvgIpc) is 2.86. The van der Waals surface area contributed by atoms with Crippen LogP contribution in [0.3, 0.4) is 0 Å². The Morgan fingerprint density at radius 1 is 1.53 bits per heavy atom. The van der Waals surface area contributed by atoms with E-state index < -0.39 is 11.5 Å². The van der Waals surface area contributed by atoms with Crippen LogP contribution in [-0.4, -0.2) is 47.1 Å². The second-order valence-corrected chi connectivity index (χ2v) is 4.88. The third-order valence-electron chi connectivity index (χ3n) is 3.18. The van der Waals surface area contributed by atoms with Gasteiger partial charge in [0.2, 0.25) is 5.91 Å². The van der Waals surface area contributed by atoms with Crippen LogP contribution >= 0.6 is 0 Å². The van der Waals surface area contributed by atoms with Crippen LogP contribution in [0.2, 0.25) is 0 Å². The van der Waals surface area contributed by atoms with Crippen molar-refractivity contribution in [3.63, 3.8) is 0 Å². The van der Waals surface area contributed by atoms with Crippen LogP contribution in [0.15, 0.2) is 22.8 Å². The fourth-order valence-corrected chi connectivity index (χ4v) is 2.23. The number of carbonyl (C=O) groups excluding carboxylic acids is 2. The molecule has 2 rings (SSSR count). The van der Waals surface area contributed by atoms with Crippen molar-refractivity contribution in [1.82, 2.24) is 10.2 Å². The molecule has 1 saturated heterocycles. The monoisotopic (exact) mass is 266 g/mol. The number of hydrogen-bond donors (Lipinski definition) is 2. The summed E-state index contributed by atoms with van der Waals surface area (Å²) in [5, 5.41) is 12.4. The number of furan rings is 1. The first-order valence-corrected chi connectivity index (χ1v) is 6.36. The van der Waals surface area contributed by atoms with Gasteiger partial charge in [-0.15, -0.1) is 0 Å². The minimum atomic E-state index is -0.741. The molecule has 1 aromatic rings. The maximum absolute atomic E-state index is 11.8. The zero-order valence-corrected chi connectivity index (χ0v) is 10.9. The molecular weight excluding hydrogens is 248 g/mol. The lowest BCUT2D eigenvalue weighted by Gasteiger charge is -2.46. The number of hydrogen-bond acceptors (Lipinski definition) is 4. The molecule has 1 aromatic heterocycles.